The molecule has 6 nitrogen and oxygen atoms in total. The first-order valence-corrected chi connectivity index (χ1v) is 8.64. The molecule has 0 spiro atoms. The number of aryl methyl sites for hydroxylation is 1. The van der Waals surface area contributed by atoms with Crippen molar-refractivity contribution in [3.63, 3.8) is 0 Å². The Balaban J connectivity index is 1.63. The zero-order chi connectivity index (χ0) is 16.9. The Morgan fingerprint density at radius 1 is 1.39 bits per heavy atom. The average molecular weight is 323 g/mol. The molecule has 1 atom stereocenters. The van der Waals surface area contributed by atoms with Gasteiger partial charge < -0.3 is 14.9 Å². The Kier molecular flexibility index (Phi) is 6.16. The molecule has 1 fully saturated rings. The second-order valence-corrected chi connectivity index (χ2v) is 7.53. The molecular formula is C17H29N3O3. The summed E-state index contributed by atoms with van der Waals surface area (Å²) < 4.78 is 5.21. The van der Waals surface area contributed by atoms with Crippen molar-refractivity contribution in [3.8, 4) is 0 Å². The summed E-state index contributed by atoms with van der Waals surface area (Å²) >= 11 is 0. The summed E-state index contributed by atoms with van der Waals surface area (Å²) in [4.78, 5) is 16.2. The maximum Gasteiger partial charge on any atom is 0.226 e. The molecule has 1 aromatic rings. The molecular weight excluding hydrogens is 294 g/mol. The van der Waals surface area contributed by atoms with E-state index in [0.717, 1.165) is 12.8 Å². The number of hydrogen-bond donors (Lipinski definition) is 2. The highest BCUT2D eigenvalue weighted by Gasteiger charge is 2.23. The summed E-state index contributed by atoms with van der Waals surface area (Å²) in [5.41, 5.74) is -0.129. The number of carbonyl (C=O) groups is 1. The second kappa shape index (κ2) is 7.90. The number of nitrogens with zero attached hydrogens (tertiary/aromatic N) is 2. The van der Waals surface area contributed by atoms with Gasteiger partial charge in [-0.05, 0) is 25.2 Å². The van der Waals surface area contributed by atoms with Crippen LogP contribution in [0.15, 0.2) is 4.52 Å². The minimum Gasteiger partial charge on any atom is -0.391 e. The predicted molar refractivity (Wildman–Crippen MR) is 86.9 cm³/mol. The number of carbonyl (C=O) groups excluding carboxylic acids is 1. The highest BCUT2D eigenvalue weighted by molar-refractivity contribution is 5.75. The molecule has 1 unspecified atom stereocenters. The molecule has 0 saturated heterocycles. The molecule has 0 aromatic carbocycles. The summed E-state index contributed by atoms with van der Waals surface area (Å²) in [6.07, 6.45) is 5.79. The van der Waals surface area contributed by atoms with Gasteiger partial charge in [0.1, 0.15) is 0 Å². The molecule has 6 heteroatoms. The topological polar surface area (TPSA) is 88.2 Å². The highest BCUT2D eigenvalue weighted by Crippen LogP contribution is 2.27. The number of amides is 1. The first-order chi connectivity index (χ1) is 10.9. The minimum absolute atomic E-state index is 0.0300. The van der Waals surface area contributed by atoms with Gasteiger partial charge in [0.25, 0.3) is 0 Å². The van der Waals surface area contributed by atoms with E-state index in [0.29, 0.717) is 43.4 Å². The summed E-state index contributed by atoms with van der Waals surface area (Å²) in [6, 6.07) is 0. The van der Waals surface area contributed by atoms with Gasteiger partial charge in [0.2, 0.25) is 11.8 Å². The Morgan fingerprint density at radius 2 is 2.09 bits per heavy atom. The number of aliphatic hydroxyl groups is 1. The Labute approximate surface area is 138 Å². The molecule has 0 radical (unpaired) electrons. The number of aromatic nitrogens is 2. The van der Waals surface area contributed by atoms with Crippen LogP contribution in [0.25, 0.3) is 0 Å². The second-order valence-electron chi connectivity index (χ2n) is 7.53. The molecule has 0 aliphatic heterocycles. The summed E-state index contributed by atoms with van der Waals surface area (Å²) in [7, 11) is 0. The number of rotatable bonds is 7. The standard InChI is InChI=1S/C17H29N3O3/c1-17(2,3)16-19-15(23-20-16)10-6-9-14(22)18-11-13(21)12-7-4-5-8-12/h12-13,21H,4-11H2,1-3H3,(H,18,22). The van der Waals surface area contributed by atoms with Crippen LogP contribution >= 0.6 is 0 Å². The number of hydrogen-bond acceptors (Lipinski definition) is 5. The molecule has 1 aliphatic carbocycles. The van der Waals surface area contributed by atoms with Crippen molar-refractivity contribution in [2.45, 2.75) is 77.2 Å². The third-order valence-electron chi connectivity index (χ3n) is 4.39. The SMILES string of the molecule is CC(C)(C)c1noc(CCCC(=O)NCC(O)C2CCCC2)n1. The Morgan fingerprint density at radius 3 is 2.70 bits per heavy atom. The third kappa shape index (κ3) is 5.61. The molecule has 0 bridgehead atoms. The maximum absolute atomic E-state index is 11.8. The molecule has 1 saturated carbocycles. The maximum atomic E-state index is 11.8. The van der Waals surface area contributed by atoms with Gasteiger partial charge in [0, 0.05) is 24.8 Å². The van der Waals surface area contributed by atoms with Crippen LogP contribution in [0.3, 0.4) is 0 Å². The van der Waals surface area contributed by atoms with Gasteiger partial charge in [-0.2, -0.15) is 4.98 Å². The molecule has 2 N–H and O–H groups in total. The van der Waals surface area contributed by atoms with E-state index in [1.54, 1.807) is 0 Å². The zero-order valence-electron chi connectivity index (χ0n) is 14.5. The van der Waals surface area contributed by atoms with Gasteiger partial charge in [-0.25, -0.2) is 0 Å². The van der Waals surface area contributed by atoms with Gasteiger partial charge >= 0.3 is 0 Å². The van der Waals surface area contributed by atoms with Gasteiger partial charge in [-0.3, -0.25) is 4.79 Å². The lowest BCUT2D eigenvalue weighted by Gasteiger charge is -2.17. The Hall–Kier alpha value is -1.43. The van der Waals surface area contributed by atoms with E-state index < -0.39 is 6.10 Å². The van der Waals surface area contributed by atoms with Crippen molar-refractivity contribution >= 4 is 5.91 Å². The average Bonchev–Trinajstić information content (AvgIpc) is 3.15. The Bertz CT molecular complexity index is 501. The van der Waals surface area contributed by atoms with E-state index in [9.17, 15) is 9.90 Å². The van der Waals surface area contributed by atoms with Crippen molar-refractivity contribution in [3.05, 3.63) is 11.7 Å². The van der Waals surface area contributed by atoms with Gasteiger partial charge in [0.05, 0.1) is 6.10 Å². The van der Waals surface area contributed by atoms with Crippen molar-refractivity contribution in [1.82, 2.24) is 15.5 Å². The van der Waals surface area contributed by atoms with E-state index in [4.69, 9.17) is 4.52 Å². The van der Waals surface area contributed by atoms with Gasteiger partial charge in [0.15, 0.2) is 5.82 Å². The fourth-order valence-corrected chi connectivity index (χ4v) is 2.88. The van der Waals surface area contributed by atoms with Crippen LogP contribution in [0.1, 0.15) is 71.0 Å². The number of nitrogens with one attached hydrogen (secondary N) is 1. The first-order valence-electron chi connectivity index (χ1n) is 8.64. The fraction of sp³-hybridized carbons (Fsp3) is 0.824. The van der Waals surface area contributed by atoms with Crippen LogP contribution in [0, 0.1) is 5.92 Å². The molecule has 2 rings (SSSR count). The highest BCUT2D eigenvalue weighted by atomic mass is 16.5. The van der Waals surface area contributed by atoms with E-state index >= 15 is 0 Å². The smallest absolute Gasteiger partial charge is 0.226 e. The van der Waals surface area contributed by atoms with Crippen LogP contribution < -0.4 is 5.32 Å². The van der Waals surface area contributed by atoms with Crippen molar-refractivity contribution < 1.29 is 14.4 Å². The van der Waals surface area contributed by atoms with Crippen molar-refractivity contribution in [1.29, 1.82) is 0 Å². The normalized spacial score (nSPS) is 17.4. The molecule has 1 heterocycles. The quantitative estimate of drug-likeness (QED) is 0.804. The fourth-order valence-electron chi connectivity index (χ4n) is 2.88. The summed E-state index contributed by atoms with van der Waals surface area (Å²) in [6.45, 7) is 6.46. The summed E-state index contributed by atoms with van der Waals surface area (Å²) in [5.74, 6) is 1.59. The monoisotopic (exact) mass is 323 g/mol. The van der Waals surface area contributed by atoms with Crippen LogP contribution in [-0.2, 0) is 16.6 Å². The first kappa shape index (κ1) is 17.9. The number of aliphatic hydroxyl groups excluding tert-OH is 1. The van der Waals surface area contributed by atoms with Crippen molar-refractivity contribution in [2.75, 3.05) is 6.54 Å². The van der Waals surface area contributed by atoms with E-state index in [2.05, 4.69) is 15.5 Å². The van der Waals surface area contributed by atoms with E-state index in [1.807, 2.05) is 20.8 Å². The van der Waals surface area contributed by atoms with Crippen LogP contribution in [0.5, 0.6) is 0 Å². The van der Waals surface area contributed by atoms with Crippen molar-refractivity contribution in [2.24, 2.45) is 5.92 Å². The van der Waals surface area contributed by atoms with E-state index in [1.165, 1.54) is 12.8 Å². The molecule has 130 valence electrons. The third-order valence-corrected chi connectivity index (χ3v) is 4.39. The molecule has 1 aliphatic rings. The zero-order valence-corrected chi connectivity index (χ0v) is 14.5. The molecule has 1 aromatic heterocycles. The lowest BCUT2D eigenvalue weighted by molar-refractivity contribution is -0.121. The molecule has 23 heavy (non-hydrogen) atoms. The minimum atomic E-state index is -0.410. The lowest BCUT2D eigenvalue weighted by Crippen LogP contribution is -2.35. The summed E-state index contributed by atoms with van der Waals surface area (Å²) in [5, 5.41) is 16.8. The molecule has 1 amide bonds. The van der Waals surface area contributed by atoms with E-state index in [-0.39, 0.29) is 11.3 Å². The van der Waals surface area contributed by atoms with Gasteiger partial charge in [-0.1, -0.05) is 38.8 Å². The van der Waals surface area contributed by atoms with Crippen LogP contribution in [0.2, 0.25) is 0 Å². The lowest BCUT2D eigenvalue weighted by atomic mass is 9.96. The van der Waals surface area contributed by atoms with Crippen LogP contribution in [-0.4, -0.2) is 33.8 Å². The van der Waals surface area contributed by atoms with Crippen LogP contribution in [0.4, 0.5) is 0 Å². The van der Waals surface area contributed by atoms with Gasteiger partial charge in [-0.15, -0.1) is 0 Å². The predicted octanol–water partition coefficient (Wildman–Crippen LogP) is 2.36. The largest absolute Gasteiger partial charge is 0.391 e.